The molecule has 0 radical (unpaired) electrons. The number of hydrogen-bond donors (Lipinski definition) is 2. The van der Waals surface area contributed by atoms with E-state index in [-0.39, 0.29) is 11.8 Å². The predicted octanol–water partition coefficient (Wildman–Crippen LogP) is 2.32. The van der Waals surface area contributed by atoms with Crippen LogP contribution in [-0.2, 0) is 0 Å². The van der Waals surface area contributed by atoms with Gasteiger partial charge in [-0.3, -0.25) is 14.9 Å². The molecule has 0 saturated heterocycles. The summed E-state index contributed by atoms with van der Waals surface area (Å²) in [5.41, 5.74) is 1.72. The number of amides is 2. The molecule has 4 heteroatoms. The topological polar surface area (TPSA) is 58.2 Å². The molecule has 0 aromatic heterocycles. The van der Waals surface area contributed by atoms with E-state index in [2.05, 4.69) is 17.2 Å². The quantitative estimate of drug-likeness (QED) is 0.651. The second kappa shape index (κ2) is 4.24. The minimum atomic E-state index is -0.340. The monoisotopic (exact) mass is 252 g/mol. The van der Waals surface area contributed by atoms with Crippen molar-refractivity contribution in [1.82, 2.24) is 5.32 Å². The molecule has 0 spiro atoms. The third-order valence-corrected chi connectivity index (χ3v) is 3.18. The van der Waals surface area contributed by atoms with E-state index in [1.807, 2.05) is 24.3 Å². The lowest BCUT2D eigenvalue weighted by Crippen LogP contribution is -2.19. The molecule has 1 aliphatic heterocycles. The first kappa shape index (κ1) is 11.5. The van der Waals surface area contributed by atoms with Crippen LogP contribution in [0.5, 0.6) is 0 Å². The third-order valence-electron chi connectivity index (χ3n) is 3.18. The highest BCUT2D eigenvalue weighted by Crippen LogP contribution is 2.32. The Morgan fingerprint density at radius 2 is 1.89 bits per heavy atom. The molecule has 0 bridgehead atoms. The molecule has 1 heterocycles. The summed E-state index contributed by atoms with van der Waals surface area (Å²) in [4.78, 5) is 23.6. The molecule has 0 fully saturated rings. The van der Waals surface area contributed by atoms with E-state index in [1.54, 1.807) is 12.1 Å². The van der Waals surface area contributed by atoms with Crippen molar-refractivity contribution in [1.29, 1.82) is 0 Å². The molecule has 0 unspecified atom stereocenters. The molecule has 2 aromatic rings. The number of imide groups is 1. The Kier molecular flexibility index (Phi) is 2.56. The fourth-order valence-corrected chi connectivity index (χ4v) is 2.36. The van der Waals surface area contributed by atoms with Crippen LogP contribution in [0.15, 0.2) is 43.0 Å². The molecule has 94 valence electrons. The van der Waals surface area contributed by atoms with Gasteiger partial charge in [0.05, 0.1) is 11.1 Å². The largest absolute Gasteiger partial charge is 0.381 e. The SMILES string of the molecule is C=CCNc1cc2c(c3ccccc13)C(=O)NC2=O. The van der Waals surface area contributed by atoms with Crippen LogP contribution in [0.2, 0.25) is 0 Å². The van der Waals surface area contributed by atoms with Crippen molar-refractivity contribution in [3.05, 3.63) is 54.1 Å². The standard InChI is InChI=1S/C15H12N2O2/c1-2-7-16-12-8-11-13(15(19)17-14(11)18)10-6-4-3-5-9(10)12/h2-6,8,16H,1,7H2,(H,17,18,19). The Morgan fingerprint density at radius 3 is 2.63 bits per heavy atom. The maximum atomic E-state index is 11.8. The highest BCUT2D eigenvalue weighted by Gasteiger charge is 2.29. The van der Waals surface area contributed by atoms with Gasteiger partial charge in [-0.15, -0.1) is 6.58 Å². The van der Waals surface area contributed by atoms with Crippen LogP contribution in [0, 0.1) is 0 Å². The van der Waals surface area contributed by atoms with Gasteiger partial charge in [0, 0.05) is 17.6 Å². The van der Waals surface area contributed by atoms with Crippen LogP contribution < -0.4 is 10.6 Å². The maximum Gasteiger partial charge on any atom is 0.259 e. The van der Waals surface area contributed by atoms with Gasteiger partial charge >= 0.3 is 0 Å². The summed E-state index contributed by atoms with van der Waals surface area (Å²) >= 11 is 0. The van der Waals surface area contributed by atoms with E-state index >= 15 is 0 Å². The van der Waals surface area contributed by atoms with Gasteiger partial charge < -0.3 is 5.32 Å². The Labute approximate surface area is 110 Å². The zero-order valence-corrected chi connectivity index (χ0v) is 10.2. The Bertz CT molecular complexity index is 719. The molecule has 2 aromatic carbocycles. The van der Waals surface area contributed by atoms with Gasteiger partial charge in [0.1, 0.15) is 0 Å². The molecule has 4 nitrogen and oxygen atoms in total. The predicted molar refractivity (Wildman–Crippen MR) is 74.4 cm³/mol. The fourth-order valence-electron chi connectivity index (χ4n) is 2.36. The van der Waals surface area contributed by atoms with E-state index in [1.165, 1.54) is 0 Å². The molecule has 2 N–H and O–H groups in total. The number of hydrogen-bond acceptors (Lipinski definition) is 3. The van der Waals surface area contributed by atoms with Crippen molar-refractivity contribution < 1.29 is 9.59 Å². The number of benzene rings is 2. The van der Waals surface area contributed by atoms with E-state index < -0.39 is 0 Å². The fraction of sp³-hybridized carbons (Fsp3) is 0.0667. The minimum absolute atomic E-state index is 0.327. The van der Waals surface area contributed by atoms with Crippen LogP contribution in [0.25, 0.3) is 10.8 Å². The van der Waals surface area contributed by atoms with Crippen LogP contribution in [-0.4, -0.2) is 18.4 Å². The highest BCUT2D eigenvalue weighted by molar-refractivity contribution is 6.28. The third kappa shape index (κ3) is 1.69. The van der Waals surface area contributed by atoms with Crippen molar-refractivity contribution in [2.24, 2.45) is 0 Å². The van der Waals surface area contributed by atoms with Gasteiger partial charge in [0.15, 0.2) is 0 Å². The average molecular weight is 252 g/mol. The smallest absolute Gasteiger partial charge is 0.259 e. The first-order chi connectivity index (χ1) is 9.22. The lowest BCUT2D eigenvalue weighted by atomic mass is 9.98. The Hall–Kier alpha value is -2.62. The summed E-state index contributed by atoms with van der Waals surface area (Å²) < 4.78 is 0. The molecule has 19 heavy (non-hydrogen) atoms. The summed E-state index contributed by atoms with van der Waals surface area (Å²) in [5, 5.41) is 7.24. The van der Waals surface area contributed by atoms with Crippen molar-refractivity contribution in [3.63, 3.8) is 0 Å². The molecule has 3 rings (SSSR count). The maximum absolute atomic E-state index is 11.8. The first-order valence-corrected chi connectivity index (χ1v) is 5.98. The number of rotatable bonds is 3. The van der Waals surface area contributed by atoms with E-state index in [4.69, 9.17) is 0 Å². The van der Waals surface area contributed by atoms with Crippen LogP contribution in [0.3, 0.4) is 0 Å². The molecule has 0 aliphatic carbocycles. The van der Waals surface area contributed by atoms with Crippen molar-refractivity contribution >= 4 is 28.3 Å². The molecule has 0 atom stereocenters. The number of carbonyl (C=O) groups is 2. The lowest BCUT2D eigenvalue weighted by molar-refractivity contribution is 0.0880. The summed E-state index contributed by atoms with van der Waals surface area (Å²) in [6.07, 6.45) is 1.74. The van der Waals surface area contributed by atoms with Gasteiger partial charge in [0.25, 0.3) is 11.8 Å². The first-order valence-electron chi connectivity index (χ1n) is 5.98. The molecular formula is C15H12N2O2. The summed E-state index contributed by atoms with van der Waals surface area (Å²) in [6, 6.07) is 9.27. The number of anilines is 1. The summed E-state index contributed by atoms with van der Waals surface area (Å²) in [6.45, 7) is 4.25. The lowest BCUT2D eigenvalue weighted by Gasteiger charge is -2.10. The number of fused-ring (bicyclic) bond motifs is 3. The van der Waals surface area contributed by atoms with E-state index in [0.717, 1.165) is 16.5 Å². The van der Waals surface area contributed by atoms with E-state index in [0.29, 0.717) is 17.7 Å². The Morgan fingerprint density at radius 1 is 1.16 bits per heavy atom. The van der Waals surface area contributed by atoms with E-state index in [9.17, 15) is 9.59 Å². The van der Waals surface area contributed by atoms with Gasteiger partial charge in [0.2, 0.25) is 0 Å². The highest BCUT2D eigenvalue weighted by atomic mass is 16.2. The zero-order chi connectivity index (χ0) is 13.4. The van der Waals surface area contributed by atoms with Gasteiger partial charge in [-0.2, -0.15) is 0 Å². The Balaban J connectivity index is 2.32. The normalized spacial score (nSPS) is 13.3. The average Bonchev–Trinajstić information content (AvgIpc) is 2.71. The van der Waals surface area contributed by atoms with Gasteiger partial charge in [-0.1, -0.05) is 30.3 Å². The van der Waals surface area contributed by atoms with Gasteiger partial charge in [-0.25, -0.2) is 0 Å². The second-order valence-corrected chi connectivity index (χ2v) is 4.35. The summed E-state index contributed by atoms with van der Waals surface area (Å²) in [5.74, 6) is -0.668. The summed E-state index contributed by atoms with van der Waals surface area (Å²) in [7, 11) is 0. The number of nitrogens with one attached hydrogen (secondary N) is 2. The van der Waals surface area contributed by atoms with Crippen molar-refractivity contribution in [3.8, 4) is 0 Å². The second-order valence-electron chi connectivity index (χ2n) is 4.35. The molecule has 1 aliphatic rings. The van der Waals surface area contributed by atoms with Gasteiger partial charge in [-0.05, 0) is 11.5 Å². The minimum Gasteiger partial charge on any atom is -0.381 e. The van der Waals surface area contributed by atoms with Crippen molar-refractivity contribution in [2.75, 3.05) is 11.9 Å². The molecule has 0 saturated carbocycles. The van der Waals surface area contributed by atoms with Crippen molar-refractivity contribution in [2.45, 2.75) is 0 Å². The molecule has 2 amide bonds. The number of carbonyl (C=O) groups excluding carboxylic acids is 2. The van der Waals surface area contributed by atoms with Crippen LogP contribution in [0.4, 0.5) is 5.69 Å². The van der Waals surface area contributed by atoms with Crippen LogP contribution in [0.1, 0.15) is 20.7 Å². The zero-order valence-electron chi connectivity index (χ0n) is 10.2. The van der Waals surface area contributed by atoms with Crippen LogP contribution >= 0.6 is 0 Å². The molecular weight excluding hydrogens is 240 g/mol.